The zero-order chi connectivity index (χ0) is 17.5. The fraction of sp³-hybridized carbons (Fsp3) is 0.222. The molecule has 0 radical (unpaired) electrons. The van der Waals surface area contributed by atoms with Crippen LogP contribution in [0.15, 0.2) is 48.5 Å². The highest BCUT2D eigenvalue weighted by Crippen LogP contribution is 2.17. The topological polar surface area (TPSA) is 39.3 Å². The van der Waals surface area contributed by atoms with Gasteiger partial charge in [-0.1, -0.05) is 42.5 Å². The highest BCUT2D eigenvalue weighted by Gasteiger charge is 2.07. The average molecular weight is 359 g/mol. The van der Waals surface area contributed by atoms with Gasteiger partial charge in [0.1, 0.15) is 0 Å². The van der Waals surface area contributed by atoms with Crippen LogP contribution >= 0.6 is 24.4 Å². The first kappa shape index (κ1) is 18.2. The predicted molar refractivity (Wildman–Crippen MR) is 109 cm³/mol. The van der Waals surface area contributed by atoms with Crippen LogP contribution in [0.3, 0.4) is 0 Å². The highest BCUT2D eigenvalue weighted by atomic mass is 32.1. The molecule has 0 fully saturated rings. The molecule has 0 heterocycles. The Morgan fingerprint density at radius 1 is 1.00 bits per heavy atom. The van der Waals surface area contributed by atoms with Crippen LogP contribution in [0.5, 0.6) is 0 Å². The zero-order valence-corrected chi connectivity index (χ0v) is 15.7. The molecule has 3 N–H and O–H groups in total. The number of hydrazine groups is 1. The van der Waals surface area contributed by atoms with E-state index in [2.05, 4.69) is 48.1 Å². The number of thiocarbonyl (C=S) groups is 2. The van der Waals surface area contributed by atoms with E-state index in [-0.39, 0.29) is 0 Å². The fourth-order valence-electron chi connectivity index (χ4n) is 2.13. The minimum atomic E-state index is 0.495. The number of rotatable bonds is 3. The standard InChI is InChI=1S/C18H22N4S2/c1-13-8-7-11-16(14(13)2)20-17(23)21-22(3)18(24)19-12-15-9-5-4-6-10-15/h4-11H,12H2,1-3H3,(H,19,24)(H2,20,21,23). The number of hydrogen-bond donors (Lipinski definition) is 3. The van der Waals surface area contributed by atoms with E-state index in [1.165, 1.54) is 16.7 Å². The molecule has 0 aliphatic rings. The Hall–Kier alpha value is -2.18. The van der Waals surface area contributed by atoms with E-state index in [1.54, 1.807) is 5.01 Å². The number of nitrogens with zero attached hydrogens (tertiary/aromatic N) is 1. The van der Waals surface area contributed by atoms with Crippen LogP contribution < -0.4 is 16.1 Å². The molecule has 0 amide bonds. The molecule has 0 spiro atoms. The van der Waals surface area contributed by atoms with Gasteiger partial charge in [0.2, 0.25) is 0 Å². The van der Waals surface area contributed by atoms with Crippen LogP contribution in [0.2, 0.25) is 0 Å². The van der Waals surface area contributed by atoms with Gasteiger partial charge in [0, 0.05) is 19.3 Å². The van der Waals surface area contributed by atoms with Crippen molar-refractivity contribution in [3.63, 3.8) is 0 Å². The van der Waals surface area contributed by atoms with Crippen LogP contribution in [0, 0.1) is 13.8 Å². The lowest BCUT2D eigenvalue weighted by atomic mass is 10.1. The molecule has 0 aliphatic carbocycles. The van der Waals surface area contributed by atoms with Crippen LogP contribution in [0.4, 0.5) is 5.69 Å². The Kier molecular flexibility index (Phi) is 6.52. The van der Waals surface area contributed by atoms with Gasteiger partial charge in [-0.05, 0) is 61.0 Å². The Balaban J connectivity index is 1.84. The number of anilines is 1. The summed E-state index contributed by atoms with van der Waals surface area (Å²) in [5.74, 6) is 0. The molecule has 24 heavy (non-hydrogen) atoms. The third-order valence-electron chi connectivity index (χ3n) is 3.71. The van der Waals surface area contributed by atoms with Crippen LogP contribution in [0.1, 0.15) is 16.7 Å². The Morgan fingerprint density at radius 3 is 2.42 bits per heavy atom. The second-order valence-corrected chi connectivity index (χ2v) is 6.31. The van der Waals surface area contributed by atoms with Crippen molar-refractivity contribution in [2.24, 2.45) is 0 Å². The minimum Gasteiger partial charge on any atom is -0.357 e. The maximum atomic E-state index is 5.37. The molecule has 126 valence electrons. The Morgan fingerprint density at radius 2 is 1.71 bits per heavy atom. The number of aryl methyl sites for hydroxylation is 1. The van der Waals surface area contributed by atoms with Crippen molar-refractivity contribution < 1.29 is 0 Å². The molecule has 0 atom stereocenters. The highest BCUT2D eigenvalue weighted by molar-refractivity contribution is 7.80. The quantitative estimate of drug-likeness (QED) is 0.576. The van der Waals surface area contributed by atoms with Gasteiger partial charge in [-0.2, -0.15) is 0 Å². The third kappa shape index (κ3) is 5.18. The van der Waals surface area contributed by atoms with E-state index in [1.807, 2.05) is 37.4 Å². The molecule has 0 saturated heterocycles. The lowest BCUT2D eigenvalue weighted by Crippen LogP contribution is -2.49. The third-order valence-corrected chi connectivity index (χ3v) is 4.32. The Labute approximate surface area is 154 Å². The molecule has 0 aromatic heterocycles. The second kappa shape index (κ2) is 8.61. The van der Waals surface area contributed by atoms with Gasteiger partial charge in [-0.3, -0.25) is 10.4 Å². The lowest BCUT2D eigenvalue weighted by molar-refractivity contribution is 0.450. The van der Waals surface area contributed by atoms with Crippen molar-refractivity contribution in [3.05, 3.63) is 65.2 Å². The van der Waals surface area contributed by atoms with E-state index in [9.17, 15) is 0 Å². The SMILES string of the molecule is Cc1cccc(NC(=S)NN(C)C(=S)NCc2ccccc2)c1C. The molecule has 2 aromatic rings. The van der Waals surface area contributed by atoms with Gasteiger partial charge in [0.15, 0.2) is 10.2 Å². The molecule has 0 bridgehead atoms. The summed E-state index contributed by atoms with van der Waals surface area (Å²) in [7, 11) is 1.83. The lowest BCUT2D eigenvalue weighted by Gasteiger charge is -2.24. The molecule has 0 unspecified atom stereocenters. The predicted octanol–water partition coefficient (Wildman–Crippen LogP) is 3.51. The van der Waals surface area contributed by atoms with E-state index in [0.29, 0.717) is 16.8 Å². The number of benzene rings is 2. The first-order valence-electron chi connectivity index (χ1n) is 7.66. The summed E-state index contributed by atoms with van der Waals surface area (Å²) in [5, 5.41) is 9.16. The minimum absolute atomic E-state index is 0.495. The summed E-state index contributed by atoms with van der Waals surface area (Å²) < 4.78 is 0. The smallest absolute Gasteiger partial charge is 0.189 e. The van der Waals surface area contributed by atoms with Gasteiger partial charge < -0.3 is 10.6 Å². The molecule has 0 aliphatic heterocycles. The largest absolute Gasteiger partial charge is 0.357 e. The average Bonchev–Trinajstić information content (AvgIpc) is 2.57. The van der Waals surface area contributed by atoms with Crippen molar-refractivity contribution in [1.29, 1.82) is 0 Å². The fourth-order valence-corrected chi connectivity index (χ4v) is 2.50. The Bertz CT molecular complexity index is 716. The van der Waals surface area contributed by atoms with Gasteiger partial charge in [0.25, 0.3) is 0 Å². The van der Waals surface area contributed by atoms with Gasteiger partial charge in [-0.15, -0.1) is 0 Å². The molecule has 2 aromatic carbocycles. The van der Waals surface area contributed by atoms with Crippen LogP contribution in [-0.4, -0.2) is 22.3 Å². The van der Waals surface area contributed by atoms with Gasteiger partial charge in [-0.25, -0.2) is 0 Å². The normalized spacial score (nSPS) is 9.96. The molecular weight excluding hydrogens is 336 g/mol. The van der Waals surface area contributed by atoms with Gasteiger partial charge >= 0.3 is 0 Å². The molecule has 2 rings (SSSR count). The van der Waals surface area contributed by atoms with Crippen LogP contribution in [-0.2, 0) is 6.54 Å². The van der Waals surface area contributed by atoms with E-state index in [0.717, 1.165) is 5.69 Å². The maximum Gasteiger partial charge on any atom is 0.189 e. The maximum absolute atomic E-state index is 5.37. The monoisotopic (exact) mass is 358 g/mol. The number of hydrogen-bond acceptors (Lipinski definition) is 2. The van der Waals surface area contributed by atoms with Gasteiger partial charge in [0.05, 0.1) is 0 Å². The summed E-state index contributed by atoms with van der Waals surface area (Å²) in [6.07, 6.45) is 0. The van der Waals surface area contributed by atoms with Crippen molar-refractivity contribution in [3.8, 4) is 0 Å². The summed E-state index contributed by atoms with van der Waals surface area (Å²) in [6, 6.07) is 16.2. The molecular formula is C18H22N4S2. The van der Waals surface area contributed by atoms with E-state index >= 15 is 0 Å². The van der Waals surface area contributed by atoms with E-state index < -0.39 is 0 Å². The summed E-state index contributed by atoms with van der Waals surface area (Å²) in [5.41, 5.74) is 7.62. The number of nitrogens with one attached hydrogen (secondary N) is 3. The molecule has 4 nitrogen and oxygen atoms in total. The van der Waals surface area contributed by atoms with Crippen LogP contribution in [0.25, 0.3) is 0 Å². The van der Waals surface area contributed by atoms with Crippen molar-refractivity contribution in [2.75, 3.05) is 12.4 Å². The van der Waals surface area contributed by atoms with Crippen molar-refractivity contribution >= 4 is 40.3 Å². The first-order valence-corrected chi connectivity index (χ1v) is 8.48. The van der Waals surface area contributed by atoms with E-state index in [4.69, 9.17) is 24.4 Å². The summed E-state index contributed by atoms with van der Waals surface area (Å²) in [6.45, 7) is 4.81. The zero-order valence-electron chi connectivity index (χ0n) is 14.1. The van der Waals surface area contributed by atoms with Crippen molar-refractivity contribution in [2.45, 2.75) is 20.4 Å². The molecule has 0 saturated carbocycles. The second-order valence-electron chi connectivity index (χ2n) is 5.52. The summed E-state index contributed by atoms with van der Waals surface area (Å²) >= 11 is 10.7. The van der Waals surface area contributed by atoms with Crippen molar-refractivity contribution in [1.82, 2.24) is 15.8 Å². The summed E-state index contributed by atoms with van der Waals surface area (Å²) in [4.78, 5) is 0. The first-order chi connectivity index (χ1) is 11.5. The molecule has 6 heteroatoms.